The first kappa shape index (κ1) is 15.8. The summed E-state index contributed by atoms with van der Waals surface area (Å²) in [6.45, 7) is 6.67. The lowest BCUT2D eigenvalue weighted by atomic mass is 10.1. The lowest BCUT2D eigenvalue weighted by molar-refractivity contribution is -0.151. The summed E-state index contributed by atoms with van der Waals surface area (Å²) in [5, 5.41) is 11.9. The highest BCUT2D eigenvalue weighted by atomic mass is 16.5. The summed E-state index contributed by atoms with van der Waals surface area (Å²) in [6.07, 6.45) is 0. The highest BCUT2D eigenvalue weighted by molar-refractivity contribution is 5.94. The first-order chi connectivity index (χ1) is 9.82. The van der Waals surface area contributed by atoms with E-state index in [2.05, 4.69) is 5.32 Å². The molecule has 0 aromatic rings. The third-order valence-electron chi connectivity index (χ3n) is 4.42. The molecular weight excluding hydrogens is 276 g/mol. The minimum Gasteiger partial charge on any atom is -0.481 e. The number of likely N-dealkylation sites (N-methyl/N-ethyl adjacent to an activating group) is 1. The van der Waals surface area contributed by atoms with Gasteiger partial charge in [-0.25, -0.2) is 0 Å². The summed E-state index contributed by atoms with van der Waals surface area (Å²) in [5.41, 5.74) is -0.562. The molecule has 1 unspecified atom stereocenters. The molecule has 2 rings (SSSR count). The summed E-state index contributed by atoms with van der Waals surface area (Å²) in [4.78, 5) is 37.4. The van der Waals surface area contributed by atoms with E-state index in [1.165, 1.54) is 4.90 Å². The number of nitrogens with one attached hydrogen (secondary N) is 1. The van der Waals surface area contributed by atoms with Crippen LogP contribution in [-0.4, -0.2) is 60.1 Å². The molecule has 1 aliphatic carbocycles. The van der Waals surface area contributed by atoms with Crippen molar-refractivity contribution in [2.24, 2.45) is 17.3 Å². The molecule has 0 bridgehead atoms. The van der Waals surface area contributed by atoms with E-state index in [-0.39, 0.29) is 18.4 Å². The van der Waals surface area contributed by atoms with Crippen LogP contribution in [0, 0.1) is 17.3 Å². The van der Waals surface area contributed by atoms with Gasteiger partial charge in [-0.2, -0.15) is 0 Å². The number of hydrogen-bond donors (Lipinski definition) is 2. The largest absolute Gasteiger partial charge is 0.481 e. The van der Waals surface area contributed by atoms with Crippen LogP contribution < -0.4 is 5.32 Å². The Bertz CT molecular complexity index is 462. The summed E-state index contributed by atoms with van der Waals surface area (Å²) in [7, 11) is 0. The van der Waals surface area contributed by atoms with Crippen LogP contribution in [0.25, 0.3) is 0 Å². The first-order valence-corrected chi connectivity index (χ1v) is 7.21. The lowest BCUT2D eigenvalue weighted by Gasteiger charge is -2.35. The number of amides is 2. The Morgan fingerprint density at radius 3 is 2.52 bits per heavy atom. The zero-order valence-electron chi connectivity index (χ0n) is 12.6. The molecule has 0 radical (unpaired) electrons. The van der Waals surface area contributed by atoms with E-state index in [0.717, 1.165) is 0 Å². The van der Waals surface area contributed by atoms with Gasteiger partial charge in [0.05, 0.1) is 25.0 Å². The molecule has 1 saturated carbocycles. The number of carboxylic acids is 1. The van der Waals surface area contributed by atoms with E-state index in [0.29, 0.717) is 19.7 Å². The highest BCUT2D eigenvalue weighted by Crippen LogP contribution is 2.59. The van der Waals surface area contributed by atoms with Crippen LogP contribution in [0.5, 0.6) is 0 Å². The molecule has 7 nitrogen and oxygen atoms in total. The molecule has 2 amide bonds. The number of carbonyl (C=O) groups excluding carboxylic acids is 2. The number of morpholine rings is 1. The zero-order valence-corrected chi connectivity index (χ0v) is 12.6. The second-order valence-corrected chi connectivity index (χ2v) is 6.13. The Balaban J connectivity index is 2.13. The van der Waals surface area contributed by atoms with Gasteiger partial charge in [0.25, 0.3) is 0 Å². The minimum atomic E-state index is -0.957. The van der Waals surface area contributed by atoms with E-state index in [9.17, 15) is 19.5 Å². The quantitative estimate of drug-likeness (QED) is 0.743. The van der Waals surface area contributed by atoms with Crippen LogP contribution in [0.1, 0.15) is 20.8 Å². The molecule has 2 fully saturated rings. The van der Waals surface area contributed by atoms with Gasteiger partial charge in [0, 0.05) is 13.1 Å². The fraction of sp³-hybridized carbons (Fsp3) is 0.786. The lowest BCUT2D eigenvalue weighted by Crippen LogP contribution is -2.56. The zero-order chi connectivity index (χ0) is 15.8. The van der Waals surface area contributed by atoms with E-state index in [4.69, 9.17) is 4.74 Å². The van der Waals surface area contributed by atoms with Crippen molar-refractivity contribution in [2.45, 2.75) is 26.8 Å². The van der Waals surface area contributed by atoms with E-state index in [1.54, 1.807) is 20.8 Å². The van der Waals surface area contributed by atoms with Gasteiger partial charge in [-0.3, -0.25) is 14.4 Å². The summed E-state index contributed by atoms with van der Waals surface area (Å²) < 4.78 is 5.29. The second-order valence-electron chi connectivity index (χ2n) is 6.13. The van der Waals surface area contributed by atoms with Gasteiger partial charge < -0.3 is 20.1 Å². The Labute approximate surface area is 123 Å². The molecule has 0 aromatic heterocycles. The van der Waals surface area contributed by atoms with Crippen LogP contribution in [0.3, 0.4) is 0 Å². The number of rotatable bonds is 4. The van der Waals surface area contributed by atoms with E-state index < -0.39 is 29.3 Å². The molecule has 1 heterocycles. The number of carbonyl (C=O) groups is 3. The average Bonchev–Trinajstić information content (AvgIpc) is 3.01. The third kappa shape index (κ3) is 2.74. The fourth-order valence-electron chi connectivity index (χ4n) is 3.11. The maximum atomic E-state index is 12.6. The predicted molar refractivity (Wildman–Crippen MR) is 73.4 cm³/mol. The van der Waals surface area contributed by atoms with Crippen molar-refractivity contribution in [1.29, 1.82) is 0 Å². The molecule has 0 aromatic carbocycles. The topological polar surface area (TPSA) is 95.9 Å². The number of carboxylic acid groups (broad SMARTS) is 1. The fourth-order valence-corrected chi connectivity index (χ4v) is 3.11. The van der Waals surface area contributed by atoms with Crippen molar-refractivity contribution < 1.29 is 24.2 Å². The Morgan fingerprint density at radius 2 is 2.00 bits per heavy atom. The van der Waals surface area contributed by atoms with Gasteiger partial charge in [0.2, 0.25) is 11.8 Å². The molecule has 1 saturated heterocycles. The second kappa shape index (κ2) is 5.63. The van der Waals surface area contributed by atoms with Crippen LogP contribution in [0.4, 0.5) is 0 Å². The third-order valence-corrected chi connectivity index (χ3v) is 4.42. The summed E-state index contributed by atoms with van der Waals surface area (Å²) in [5.74, 6) is -2.71. The van der Waals surface area contributed by atoms with Crippen LogP contribution in [-0.2, 0) is 19.1 Å². The van der Waals surface area contributed by atoms with Gasteiger partial charge in [-0.1, -0.05) is 13.8 Å². The number of aliphatic carboxylic acids is 1. The molecule has 2 aliphatic rings. The normalized spacial score (nSPS) is 30.6. The molecule has 0 spiro atoms. The van der Waals surface area contributed by atoms with Crippen LogP contribution >= 0.6 is 0 Å². The molecular formula is C14H22N2O5. The van der Waals surface area contributed by atoms with Crippen molar-refractivity contribution in [3.8, 4) is 0 Å². The first-order valence-electron chi connectivity index (χ1n) is 7.21. The SMILES string of the molecule is CCNC(=O)C1COCCN1C(=O)[C@H]1[C@@H](C(=O)O)C1(C)C. The summed E-state index contributed by atoms with van der Waals surface area (Å²) >= 11 is 0. The van der Waals surface area contributed by atoms with E-state index in [1.807, 2.05) is 0 Å². The van der Waals surface area contributed by atoms with Crippen LogP contribution in [0.15, 0.2) is 0 Å². The average molecular weight is 298 g/mol. The summed E-state index contributed by atoms with van der Waals surface area (Å²) in [6, 6.07) is -0.669. The van der Waals surface area contributed by atoms with Gasteiger partial charge in [0.15, 0.2) is 0 Å². The van der Waals surface area contributed by atoms with Crippen molar-refractivity contribution in [3.63, 3.8) is 0 Å². The maximum Gasteiger partial charge on any atom is 0.307 e. The Kier molecular flexibility index (Phi) is 4.22. The Hall–Kier alpha value is -1.63. The minimum absolute atomic E-state index is 0.155. The molecule has 7 heteroatoms. The van der Waals surface area contributed by atoms with Crippen molar-refractivity contribution in [2.75, 3.05) is 26.3 Å². The van der Waals surface area contributed by atoms with Gasteiger partial charge >= 0.3 is 5.97 Å². The van der Waals surface area contributed by atoms with Crippen LogP contribution in [0.2, 0.25) is 0 Å². The Morgan fingerprint density at radius 1 is 1.33 bits per heavy atom. The molecule has 21 heavy (non-hydrogen) atoms. The number of ether oxygens (including phenoxy) is 1. The molecule has 1 aliphatic heterocycles. The van der Waals surface area contributed by atoms with E-state index >= 15 is 0 Å². The molecule has 118 valence electrons. The highest BCUT2D eigenvalue weighted by Gasteiger charge is 2.67. The maximum absolute atomic E-state index is 12.6. The number of hydrogen-bond acceptors (Lipinski definition) is 4. The molecule has 2 N–H and O–H groups in total. The van der Waals surface area contributed by atoms with Gasteiger partial charge in [0.1, 0.15) is 6.04 Å². The smallest absolute Gasteiger partial charge is 0.307 e. The van der Waals surface area contributed by atoms with Crippen molar-refractivity contribution in [1.82, 2.24) is 10.2 Å². The van der Waals surface area contributed by atoms with Gasteiger partial charge in [-0.05, 0) is 12.3 Å². The van der Waals surface area contributed by atoms with Gasteiger partial charge in [-0.15, -0.1) is 0 Å². The monoisotopic (exact) mass is 298 g/mol. The van der Waals surface area contributed by atoms with Crippen molar-refractivity contribution >= 4 is 17.8 Å². The van der Waals surface area contributed by atoms with Crippen molar-refractivity contribution in [3.05, 3.63) is 0 Å². The number of nitrogens with zero attached hydrogens (tertiary/aromatic N) is 1. The molecule has 3 atom stereocenters. The standard InChI is InChI=1S/C14H22N2O5/c1-4-15-11(17)8-7-21-6-5-16(8)12(18)9-10(13(19)20)14(9,2)3/h8-10H,4-7H2,1-3H3,(H,15,17)(H,19,20)/t8?,9-,10+/m1/s1. The predicted octanol–water partition coefficient (Wildman–Crippen LogP) is -0.293.